The van der Waals surface area contributed by atoms with Crippen LogP contribution in [-0.4, -0.2) is 12.0 Å². The summed E-state index contributed by atoms with van der Waals surface area (Å²) < 4.78 is 5.92. The summed E-state index contributed by atoms with van der Waals surface area (Å²) in [5, 5.41) is 3.88. The second kappa shape index (κ2) is 6.55. The molecule has 0 radical (unpaired) electrons. The highest BCUT2D eigenvalue weighted by atomic mass is 35.5. The van der Waals surface area contributed by atoms with Crippen LogP contribution in [0.2, 0.25) is 5.02 Å². The van der Waals surface area contributed by atoms with Crippen LogP contribution in [0.15, 0.2) is 36.7 Å². The summed E-state index contributed by atoms with van der Waals surface area (Å²) in [6.07, 6.45) is 4.42. The number of ether oxygens (including phenoxy) is 1. The van der Waals surface area contributed by atoms with Gasteiger partial charge in [0, 0.05) is 29.5 Å². The molecule has 100 valence electrons. The van der Waals surface area contributed by atoms with Gasteiger partial charge in [-0.3, -0.25) is 4.98 Å². The monoisotopic (exact) mass is 276 g/mol. The molecule has 0 aliphatic heterocycles. The second-order valence-electron chi connectivity index (χ2n) is 4.22. The molecule has 1 N–H and O–H groups in total. The standard InChI is InChI=1S/C15H17ClN2O/c1-3-11-8-13(4-5-14(11)16)19-15-6-7-18-10-12(15)9-17-2/h4-8,10,17H,3,9H2,1-2H3. The summed E-state index contributed by atoms with van der Waals surface area (Å²) in [5.41, 5.74) is 2.11. The molecule has 1 aromatic heterocycles. The first-order valence-corrected chi connectivity index (χ1v) is 6.66. The van der Waals surface area contributed by atoms with E-state index >= 15 is 0 Å². The average molecular weight is 277 g/mol. The fourth-order valence-corrected chi connectivity index (χ4v) is 2.10. The molecule has 3 nitrogen and oxygen atoms in total. The Hall–Kier alpha value is -1.58. The van der Waals surface area contributed by atoms with Crippen LogP contribution in [0.25, 0.3) is 0 Å². The molecule has 0 amide bonds. The van der Waals surface area contributed by atoms with Crippen molar-refractivity contribution in [1.29, 1.82) is 0 Å². The lowest BCUT2D eigenvalue weighted by atomic mass is 10.1. The topological polar surface area (TPSA) is 34.1 Å². The zero-order valence-corrected chi connectivity index (χ0v) is 11.9. The van der Waals surface area contributed by atoms with E-state index in [4.69, 9.17) is 16.3 Å². The van der Waals surface area contributed by atoms with Gasteiger partial charge in [-0.05, 0) is 43.3 Å². The molecule has 1 heterocycles. The number of rotatable bonds is 5. The first-order valence-electron chi connectivity index (χ1n) is 6.28. The average Bonchev–Trinajstić information content (AvgIpc) is 2.43. The van der Waals surface area contributed by atoms with E-state index in [0.29, 0.717) is 0 Å². The van der Waals surface area contributed by atoms with Gasteiger partial charge in [-0.2, -0.15) is 0 Å². The Morgan fingerprint density at radius 1 is 1.26 bits per heavy atom. The molecule has 0 fully saturated rings. The Morgan fingerprint density at radius 2 is 2.11 bits per heavy atom. The van der Waals surface area contributed by atoms with Crippen molar-refractivity contribution in [1.82, 2.24) is 10.3 Å². The molecule has 0 bridgehead atoms. The molecular weight excluding hydrogens is 260 g/mol. The number of halogens is 1. The fraction of sp³-hybridized carbons (Fsp3) is 0.267. The van der Waals surface area contributed by atoms with Crippen molar-refractivity contribution in [2.75, 3.05) is 7.05 Å². The number of aromatic nitrogens is 1. The smallest absolute Gasteiger partial charge is 0.134 e. The molecule has 0 atom stereocenters. The molecule has 2 aromatic rings. The Morgan fingerprint density at radius 3 is 2.84 bits per heavy atom. The third-order valence-corrected chi connectivity index (χ3v) is 3.22. The van der Waals surface area contributed by atoms with Gasteiger partial charge in [0.25, 0.3) is 0 Å². The van der Waals surface area contributed by atoms with Gasteiger partial charge in [-0.1, -0.05) is 18.5 Å². The van der Waals surface area contributed by atoms with Crippen LogP contribution >= 0.6 is 11.6 Å². The first-order chi connectivity index (χ1) is 9.24. The number of benzene rings is 1. The summed E-state index contributed by atoms with van der Waals surface area (Å²) in [7, 11) is 1.90. The van der Waals surface area contributed by atoms with E-state index < -0.39 is 0 Å². The minimum atomic E-state index is 0.720. The van der Waals surface area contributed by atoms with Crippen LogP contribution in [-0.2, 0) is 13.0 Å². The maximum atomic E-state index is 6.10. The van der Waals surface area contributed by atoms with E-state index in [-0.39, 0.29) is 0 Å². The van der Waals surface area contributed by atoms with Gasteiger partial charge in [0.2, 0.25) is 0 Å². The molecule has 0 saturated heterocycles. The Balaban J connectivity index is 2.26. The van der Waals surface area contributed by atoms with E-state index in [0.717, 1.165) is 40.6 Å². The maximum absolute atomic E-state index is 6.10. The van der Waals surface area contributed by atoms with Crippen molar-refractivity contribution in [2.45, 2.75) is 19.9 Å². The van der Waals surface area contributed by atoms with Gasteiger partial charge in [-0.25, -0.2) is 0 Å². The van der Waals surface area contributed by atoms with Crippen LogP contribution in [0, 0.1) is 0 Å². The van der Waals surface area contributed by atoms with E-state index in [1.54, 1.807) is 6.20 Å². The molecule has 0 spiro atoms. The quantitative estimate of drug-likeness (QED) is 0.902. The van der Waals surface area contributed by atoms with Crippen LogP contribution in [0.1, 0.15) is 18.1 Å². The van der Waals surface area contributed by atoms with Crippen molar-refractivity contribution < 1.29 is 4.74 Å². The van der Waals surface area contributed by atoms with Crippen LogP contribution in [0.4, 0.5) is 0 Å². The highest BCUT2D eigenvalue weighted by Gasteiger charge is 2.06. The van der Waals surface area contributed by atoms with Gasteiger partial charge in [-0.15, -0.1) is 0 Å². The predicted molar refractivity (Wildman–Crippen MR) is 77.9 cm³/mol. The van der Waals surface area contributed by atoms with Crippen LogP contribution < -0.4 is 10.1 Å². The van der Waals surface area contributed by atoms with Gasteiger partial charge < -0.3 is 10.1 Å². The minimum absolute atomic E-state index is 0.720. The van der Waals surface area contributed by atoms with E-state index in [9.17, 15) is 0 Å². The number of nitrogens with one attached hydrogen (secondary N) is 1. The van der Waals surface area contributed by atoms with E-state index in [1.165, 1.54) is 0 Å². The molecule has 0 saturated carbocycles. The summed E-state index contributed by atoms with van der Waals surface area (Å²) in [6, 6.07) is 7.60. The molecule has 2 rings (SSSR count). The molecule has 0 aliphatic carbocycles. The van der Waals surface area contributed by atoms with Crippen molar-refractivity contribution in [3.05, 3.63) is 52.8 Å². The third kappa shape index (κ3) is 3.46. The molecule has 1 aromatic carbocycles. The molecule has 0 aliphatic rings. The fourth-order valence-electron chi connectivity index (χ4n) is 1.85. The number of nitrogens with zero attached hydrogens (tertiary/aromatic N) is 1. The van der Waals surface area contributed by atoms with E-state index in [2.05, 4.69) is 17.2 Å². The summed E-state index contributed by atoms with van der Waals surface area (Å²) in [5.74, 6) is 1.61. The van der Waals surface area contributed by atoms with E-state index in [1.807, 2.05) is 37.5 Å². The SMILES string of the molecule is CCc1cc(Oc2ccncc2CNC)ccc1Cl. The summed E-state index contributed by atoms with van der Waals surface area (Å²) >= 11 is 6.10. The number of hydrogen-bond donors (Lipinski definition) is 1. The van der Waals surface area contributed by atoms with Gasteiger partial charge in [0.05, 0.1) is 0 Å². The predicted octanol–water partition coefficient (Wildman–Crippen LogP) is 3.81. The van der Waals surface area contributed by atoms with Crippen LogP contribution in [0.3, 0.4) is 0 Å². The lowest BCUT2D eigenvalue weighted by Crippen LogP contribution is -2.06. The lowest BCUT2D eigenvalue weighted by molar-refractivity contribution is 0.472. The largest absolute Gasteiger partial charge is 0.457 e. The second-order valence-corrected chi connectivity index (χ2v) is 4.63. The Bertz CT molecular complexity index is 558. The first kappa shape index (κ1) is 13.8. The van der Waals surface area contributed by atoms with Crippen molar-refractivity contribution >= 4 is 11.6 Å². The van der Waals surface area contributed by atoms with Gasteiger partial charge in [0.1, 0.15) is 11.5 Å². The van der Waals surface area contributed by atoms with Crippen molar-refractivity contribution in [3.63, 3.8) is 0 Å². The van der Waals surface area contributed by atoms with Gasteiger partial charge in [0.15, 0.2) is 0 Å². The maximum Gasteiger partial charge on any atom is 0.134 e. The minimum Gasteiger partial charge on any atom is -0.457 e. The molecule has 4 heteroatoms. The summed E-state index contributed by atoms with van der Waals surface area (Å²) in [6.45, 7) is 2.79. The summed E-state index contributed by atoms with van der Waals surface area (Å²) in [4.78, 5) is 4.11. The third-order valence-electron chi connectivity index (χ3n) is 2.85. The highest BCUT2D eigenvalue weighted by Crippen LogP contribution is 2.28. The molecule has 0 unspecified atom stereocenters. The van der Waals surface area contributed by atoms with Crippen molar-refractivity contribution in [3.8, 4) is 11.5 Å². The lowest BCUT2D eigenvalue weighted by Gasteiger charge is -2.11. The highest BCUT2D eigenvalue weighted by molar-refractivity contribution is 6.31. The van der Waals surface area contributed by atoms with Gasteiger partial charge >= 0.3 is 0 Å². The van der Waals surface area contributed by atoms with Crippen LogP contribution in [0.5, 0.6) is 11.5 Å². The Kier molecular flexibility index (Phi) is 4.77. The Labute approximate surface area is 118 Å². The zero-order valence-electron chi connectivity index (χ0n) is 11.1. The zero-order chi connectivity index (χ0) is 13.7. The number of hydrogen-bond acceptors (Lipinski definition) is 3. The number of aryl methyl sites for hydroxylation is 1. The molecule has 19 heavy (non-hydrogen) atoms. The normalized spacial score (nSPS) is 10.5. The van der Waals surface area contributed by atoms with Crippen molar-refractivity contribution in [2.24, 2.45) is 0 Å². The molecular formula is C15H17ClN2O. The number of pyridine rings is 1.